The fourth-order valence-electron chi connectivity index (χ4n) is 1.88. The SMILES string of the molecule is CCOc1nc2nc(C)c(C(C)C)c(=O)n2[nH]1. The molecule has 0 spiro atoms. The number of nitrogens with zero attached hydrogens (tertiary/aromatic N) is 3. The minimum Gasteiger partial charge on any atom is -0.464 e. The van der Waals surface area contributed by atoms with Gasteiger partial charge in [0.25, 0.3) is 11.3 Å². The van der Waals surface area contributed by atoms with Crippen molar-refractivity contribution in [3.8, 4) is 6.01 Å². The Balaban J connectivity index is 2.70. The Kier molecular flexibility index (Phi) is 2.87. The van der Waals surface area contributed by atoms with Gasteiger partial charge in [-0.2, -0.15) is 9.50 Å². The van der Waals surface area contributed by atoms with Crippen LogP contribution in [0.1, 0.15) is 37.9 Å². The normalized spacial score (nSPS) is 11.4. The molecule has 0 atom stereocenters. The second-order valence-electron chi connectivity index (χ2n) is 4.17. The molecule has 0 unspecified atom stereocenters. The molecule has 0 aliphatic rings. The molecule has 1 N–H and O–H groups in total. The predicted octanol–water partition coefficient (Wildman–Crippen LogP) is 1.25. The molecule has 6 nitrogen and oxygen atoms in total. The number of H-pyrrole nitrogens is 1. The van der Waals surface area contributed by atoms with E-state index in [0.717, 1.165) is 5.69 Å². The summed E-state index contributed by atoms with van der Waals surface area (Å²) in [4.78, 5) is 20.6. The number of aromatic nitrogens is 4. The van der Waals surface area contributed by atoms with Gasteiger partial charge in [0.1, 0.15) is 0 Å². The number of aromatic amines is 1. The van der Waals surface area contributed by atoms with Gasteiger partial charge in [0.2, 0.25) is 0 Å². The van der Waals surface area contributed by atoms with Crippen LogP contribution in [0.3, 0.4) is 0 Å². The Hall–Kier alpha value is -1.85. The lowest BCUT2D eigenvalue weighted by molar-refractivity contribution is 0.313. The second kappa shape index (κ2) is 4.20. The van der Waals surface area contributed by atoms with Crippen LogP contribution >= 0.6 is 0 Å². The summed E-state index contributed by atoms with van der Waals surface area (Å²) in [5, 5.41) is 2.80. The van der Waals surface area contributed by atoms with E-state index in [0.29, 0.717) is 24.0 Å². The third-order valence-electron chi connectivity index (χ3n) is 2.56. The lowest BCUT2D eigenvalue weighted by Gasteiger charge is -2.06. The van der Waals surface area contributed by atoms with Gasteiger partial charge < -0.3 is 4.74 Å². The molecule has 0 aromatic carbocycles. The van der Waals surface area contributed by atoms with E-state index in [1.54, 1.807) is 0 Å². The van der Waals surface area contributed by atoms with Crippen molar-refractivity contribution in [1.82, 2.24) is 19.6 Å². The molecule has 0 aliphatic heterocycles. The van der Waals surface area contributed by atoms with Crippen LogP contribution < -0.4 is 10.3 Å². The Morgan fingerprint density at radius 1 is 1.41 bits per heavy atom. The highest BCUT2D eigenvalue weighted by Crippen LogP contribution is 2.14. The van der Waals surface area contributed by atoms with Gasteiger partial charge in [-0.05, 0) is 19.8 Å². The molecule has 2 aromatic rings. The van der Waals surface area contributed by atoms with Gasteiger partial charge in [-0.15, -0.1) is 0 Å². The quantitative estimate of drug-likeness (QED) is 0.870. The summed E-state index contributed by atoms with van der Waals surface area (Å²) < 4.78 is 6.55. The monoisotopic (exact) mass is 236 g/mol. The molecule has 0 aliphatic carbocycles. The van der Waals surface area contributed by atoms with E-state index >= 15 is 0 Å². The van der Waals surface area contributed by atoms with Crippen molar-refractivity contribution in [1.29, 1.82) is 0 Å². The fourth-order valence-corrected chi connectivity index (χ4v) is 1.88. The number of nitrogens with one attached hydrogen (secondary N) is 1. The van der Waals surface area contributed by atoms with Crippen LogP contribution in [0.5, 0.6) is 6.01 Å². The van der Waals surface area contributed by atoms with E-state index in [9.17, 15) is 4.79 Å². The molecule has 2 aromatic heterocycles. The van der Waals surface area contributed by atoms with E-state index in [2.05, 4.69) is 15.1 Å². The Labute approximate surface area is 98.6 Å². The number of hydrogen-bond acceptors (Lipinski definition) is 4. The second-order valence-corrected chi connectivity index (χ2v) is 4.17. The van der Waals surface area contributed by atoms with Crippen molar-refractivity contribution in [2.75, 3.05) is 6.61 Å². The smallest absolute Gasteiger partial charge is 0.312 e. The van der Waals surface area contributed by atoms with Crippen molar-refractivity contribution in [3.63, 3.8) is 0 Å². The number of hydrogen-bond donors (Lipinski definition) is 1. The zero-order chi connectivity index (χ0) is 12.6. The van der Waals surface area contributed by atoms with Crippen molar-refractivity contribution in [3.05, 3.63) is 21.6 Å². The minimum absolute atomic E-state index is 0.110. The van der Waals surface area contributed by atoms with Crippen LogP contribution in [-0.2, 0) is 0 Å². The average molecular weight is 236 g/mol. The molecule has 0 radical (unpaired) electrons. The highest BCUT2D eigenvalue weighted by molar-refractivity contribution is 5.34. The van der Waals surface area contributed by atoms with E-state index in [1.807, 2.05) is 27.7 Å². The molecule has 2 heterocycles. The molecule has 0 saturated carbocycles. The van der Waals surface area contributed by atoms with Gasteiger partial charge in [-0.25, -0.2) is 10.1 Å². The summed E-state index contributed by atoms with van der Waals surface area (Å²) in [6, 6.07) is 0.317. The van der Waals surface area contributed by atoms with Gasteiger partial charge in [-0.1, -0.05) is 13.8 Å². The molecule has 0 bridgehead atoms. The van der Waals surface area contributed by atoms with Crippen LogP contribution in [0.15, 0.2) is 4.79 Å². The Morgan fingerprint density at radius 3 is 2.71 bits per heavy atom. The van der Waals surface area contributed by atoms with Gasteiger partial charge in [0.05, 0.1) is 12.3 Å². The van der Waals surface area contributed by atoms with E-state index in [1.165, 1.54) is 4.52 Å². The van der Waals surface area contributed by atoms with Gasteiger partial charge in [0, 0.05) is 5.56 Å². The maximum Gasteiger partial charge on any atom is 0.312 e. The van der Waals surface area contributed by atoms with Crippen LogP contribution in [0.4, 0.5) is 0 Å². The van der Waals surface area contributed by atoms with Crippen LogP contribution in [0.2, 0.25) is 0 Å². The third kappa shape index (κ3) is 1.90. The summed E-state index contributed by atoms with van der Waals surface area (Å²) in [5.41, 5.74) is 1.31. The molecule has 2 rings (SSSR count). The first-order valence-electron chi connectivity index (χ1n) is 5.66. The Bertz CT molecular complexity index is 597. The molecule has 92 valence electrons. The number of rotatable bonds is 3. The van der Waals surface area contributed by atoms with Crippen molar-refractivity contribution in [2.24, 2.45) is 0 Å². The highest BCUT2D eigenvalue weighted by atomic mass is 16.5. The van der Waals surface area contributed by atoms with Crippen LogP contribution in [0.25, 0.3) is 5.78 Å². The van der Waals surface area contributed by atoms with Crippen LogP contribution in [0, 0.1) is 6.92 Å². The summed E-state index contributed by atoms with van der Waals surface area (Å²) in [6.45, 7) is 8.11. The average Bonchev–Trinajstić information content (AvgIpc) is 2.60. The Morgan fingerprint density at radius 2 is 2.12 bits per heavy atom. The largest absolute Gasteiger partial charge is 0.464 e. The standard InChI is InChI=1S/C11H16N4O2/c1-5-17-11-13-10-12-7(4)8(6(2)3)9(16)15(10)14-11/h6H,5H2,1-4H3,(H,12,13,14). The summed E-state index contributed by atoms with van der Waals surface area (Å²) >= 11 is 0. The fraction of sp³-hybridized carbons (Fsp3) is 0.545. The highest BCUT2D eigenvalue weighted by Gasteiger charge is 2.15. The van der Waals surface area contributed by atoms with Gasteiger partial charge >= 0.3 is 6.01 Å². The molecule has 0 saturated heterocycles. The van der Waals surface area contributed by atoms with Crippen molar-refractivity contribution < 1.29 is 4.74 Å². The van der Waals surface area contributed by atoms with E-state index in [4.69, 9.17) is 4.74 Å². The van der Waals surface area contributed by atoms with E-state index in [-0.39, 0.29) is 11.5 Å². The first-order valence-corrected chi connectivity index (χ1v) is 5.66. The zero-order valence-electron chi connectivity index (χ0n) is 10.4. The summed E-state index contributed by atoms with van der Waals surface area (Å²) in [7, 11) is 0. The van der Waals surface area contributed by atoms with Gasteiger partial charge in [0.15, 0.2) is 0 Å². The zero-order valence-corrected chi connectivity index (χ0v) is 10.4. The molecule has 6 heteroatoms. The lowest BCUT2D eigenvalue weighted by atomic mass is 10.0. The molecule has 0 amide bonds. The number of ether oxygens (including phenoxy) is 1. The maximum atomic E-state index is 12.2. The number of aryl methyl sites for hydroxylation is 1. The first-order chi connectivity index (χ1) is 8.04. The summed E-state index contributed by atoms with van der Waals surface area (Å²) in [5.74, 6) is 0.478. The van der Waals surface area contributed by atoms with Crippen molar-refractivity contribution in [2.45, 2.75) is 33.6 Å². The predicted molar refractivity (Wildman–Crippen MR) is 63.6 cm³/mol. The summed E-state index contributed by atoms with van der Waals surface area (Å²) in [6.07, 6.45) is 0. The molecular formula is C11H16N4O2. The van der Waals surface area contributed by atoms with Gasteiger partial charge in [-0.3, -0.25) is 4.79 Å². The molecular weight excluding hydrogens is 220 g/mol. The van der Waals surface area contributed by atoms with Crippen LogP contribution in [-0.4, -0.2) is 26.2 Å². The minimum atomic E-state index is -0.110. The van der Waals surface area contributed by atoms with E-state index < -0.39 is 0 Å². The number of fused-ring (bicyclic) bond motifs is 1. The lowest BCUT2D eigenvalue weighted by Crippen LogP contribution is -2.22. The maximum absolute atomic E-state index is 12.2. The third-order valence-corrected chi connectivity index (χ3v) is 2.56. The topological polar surface area (TPSA) is 72.3 Å². The van der Waals surface area contributed by atoms with Crippen molar-refractivity contribution >= 4 is 5.78 Å². The molecule has 0 fully saturated rings. The molecule has 17 heavy (non-hydrogen) atoms. The first kappa shape index (κ1) is 11.6.